The van der Waals surface area contributed by atoms with Crippen molar-refractivity contribution in [1.82, 2.24) is 4.90 Å². The molecule has 2 heterocycles. The van der Waals surface area contributed by atoms with Gasteiger partial charge in [0.25, 0.3) is 0 Å². The Balaban J connectivity index is 1.27. The van der Waals surface area contributed by atoms with Gasteiger partial charge in [-0.3, -0.25) is 19.3 Å². The largest absolute Gasteiger partial charge is 0.492 e. The first-order chi connectivity index (χ1) is 16.0. The number of carbonyl (C=O) groups excluding carboxylic acids is 3. The number of nitrogens with zero attached hydrogens (tertiary/aromatic N) is 2. The molecule has 0 aromatic heterocycles. The molecule has 2 saturated heterocycles. The average molecular weight is 452 g/mol. The molecule has 4 rings (SSSR count). The summed E-state index contributed by atoms with van der Waals surface area (Å²) in [5.41, 5.74) is 7.48. The van der Waals surface area contributed by atoms with Gasteiger partial charge in [0.2, 0.25) is 5.91 Å². The van der Waals surface area contributed by atoms with Gasteiger partial charge in [0, 0.05) is 55.1 Å². The van der Waals surface area contributed by atoms with Gasteiger partial charge in [-0.05, 0) is 55.3 Å². The van der Waals surface area contributed by atoms with Crippen LogP contribution in [0.3, 0.4) is 0 Å². The fraction of sp³-hybridized carbons (Fsp3) is 0.400. The van der Waals surface area contributed by atoms with Crippen LogP contribution in [0.15, 0.2) is 42.5 Å². The van der Waals surface area contributed by atoms with Gasteiger partial charge in [0.05, 0.1) is 12.2 Å². The summed E-state index contributed by atoms with van der Waals surface area (Å²) in [7, 11) is 0. The van der Waals surface area contributed by atoms with E-state index in [0.717, 1.165) is 51.3 Å². The van der Waals surface area contributed by atoms with Crippen LogP contribution in [0.5, 0.6) is 5.75 Å². The molecule has 0 atom stereocenters. The van der Waals surface area contributed by atoms with Crippen LogP contribution >= 0.6 is 0 Å². The van der Waals surface area contributed by atoms with Crippen LogP contribution < -0.4 is 15.4 Å². The summed E-state index contributed by atoms with van der Waals surface area (Å²) in [6, 6.07) is 12.3. The summed E-state index contributed by atoms with van der Waals surface area (Å²) >= 11 is 0. The van der Waals surface area contributed by atoms with Crippen LogP contribution in [0, 0.1) is 0 Å². The van der Waals surface area contributed by atoms with E-state index in [9.17, 15) is 14.4 Å². The first-order valence-corrected chi connectivity index (χ1v) is 11.2. The predicted molar refractivity (Wildman–Crippen MR) is 124 cm³/mol. The molecule has 2 aromatic carbocycles. The minimum Gasteiger partial charge on any atom is -0.492 e. The molecule has 33 heavy (non-hydrogen) atoms. The van der Waals surface area contributed by atoms with Gasteiger partial charge in [-0.1, -0.05) is 0 Å². The minimum atomic E-state index is -0.416. The molecule has 8 nitrogen and oxygen atoms in total. The van der Waals surface area contributed by atoms with Crippen molar-refractivity contribution in [3.05, 3.63) is 59.2 Å². The second-order valence-corrected chi connectivity index (χ2v) is 8.58. The number of amides is 1. The number of hydrogen-bond acceptors (Lipinski definition) is 7. The van der Waals surface area contributed by atoms with Gasteiger partial charge in [0.1, 0.15) is 12.4 Å². The lowest BCUT2D eigenvalue weighted by atomic mass is 9.89. The normalized spacial score (nSPS) is 18.1. The van der Waals surface area contributed by atoms with E-state index in [4.69, 9.17) is 15.2 Å². The number of aldehydes is 2. The summed E-state index contributed by atoms with van der Waals surface area (Å²) < 4.78 is 12.1. The number of primary amides is 1. The predicted octanol–water partition coefficient (Wildman–Crippen LogP) is 2.16. The Hall–Kier alpha value is -3.23. The van der Waals surface area contributed by atoms with Crippen LogP contribution in [0.25, 0.3) is 0 Å². The van der Waals surface area contributed by atoms with Gasteiger partial charge >= 0.3 is 0 Å². The Labute approximate surface area is 193 Å². The number of carbonyl (C=O) groups is 3. The van der Waals surface area contributed by atoms with E-state index in [2.05, 4.69) is 9.80 Å². The summed E-state index contributed by atoms with van der Waals surface area (Å²) in [6.07, 6.45) is 3.19. The van der Waals surface area contributed by atoms with E-state index in [0.29, 0.717) is 48.2 Å². The molecule has 2 aliphatic rings. The summed E-state index contributed by atoms with van der Waals surface area (Å²) in [5.74, 6) is 0.169. The average Bonchev–Trinajstić information content (AvgIpc) is 2.84. The van der Waals surface area contributed by atoms with Crippen LogP contribution in [0.1, 0.15) is 43.9 Å². The topological polar surface area (TPSA) is 102 Å². The van der Waals surface area contributed by atoms with Crippen molar-refractivity contribution in [3.63, 3.8) is 0 Å². The van der Waals surface area contributed by atoms with Gasteiger partial charge < -0.3 is 20.1 Å². The van der Waals surface area contributed by atoms with Gasteiger partial charge in [-0.25, -0.2) is 0 Å². The Morgan fingerprint density at radius 2 is 1.76 bits per heavy atom. The molecule has 0 unspecified atom stereocenters. The lowest BCUT2D eigenvalue weighted by molar-refractivity contribution is -0.121. The number of rotatable bonds is 8. The fourth-order valence-corrected chi connectivity index (χ4v) is 4.57. The number of hydrogen-bond donors (Lipinski definition) is 1. The van der Waals surface area contributed by atoms with E-state index in [1.165, 1.54) is 0 Å². The van der Waals surface area contributed by atoms with E-state index < -0.39 is 5.91 Å². The zero-order valence-electron chi connectivity index (χ0n) is 18.6. The van der Waals surface area contributed by atoms with Crippen molar-refractivity contribution in [2.45, 2.75) is 18.4 Å². The number of anilines is 1. The number of nitrogens with two attached hydrogens (primary N) is 1. The third-order valence-electron chi connectivity index (χ3n) is 6.51. The molecule has 2 aliphatic heterocycles. The van der Waals surface area contributed by atoms with E-state index in [1.807, 2.05) is 12.1 Å². The van der Waals surface area contributed by atoms with Crippen LogP contribution in [-0.2, 0) is 4.74 Å². The van der Waals surface area contributed by atoms with Gasteiger partial charge in [0.15, 0.2) is 12.6 Å². The molecular formula is C25H29N3O5. The molecule has 8 heteroatoms. The minimum absolute atomic E-state index is 0.155. The van der Waals surface area contributed by atoms with Crippen molar-refractivity contribution in [1.29, 1.82) is 0 Å². The third-order valence-corrected chi connectivity index (χ3v) is 6.51. The first-order valence-electron chi connectivity index (χ1n) is 11.2. The molecule has 174 valence electrons. The molecule has 0 saturated carbocycles. The lowest BCUT2D eigenvalue weighted by Gasteiger charge is -2.47. The van der Waals surface area contributed by atoms with Crippen molar-refractivity contribution < 1.29 is 23.9 Å². The molecule has 2 N–H and O–H groups in total. The zero-order chi connectivity index (χ0) is 23.3. The standard InChI is InChI=1S/C25H29N3O5/c26-24(31)19-1-4-22(5-2-19)28-9-7-25(8-10-28)18-27(12-14-33-25)11-13-32-23-6-3-20(16-29)21(15-23)17-30/h1-6,15-17H,7-14,18H2,(H2,26,31). The van der Waals surface area contributed by atoms with Crippen LogP contribution in [0.4, 0.5) is 5.69 Å². The van der Waals surface area contributed by atoms with Crippen LogP contribution in [-0.4, -0.2) is 74.9 Å². The maximum atomic E-state index is 11.3. The van der Waals surface area contributed by atoms with Crippen molar-refractivity contribution >= 4 is 24.2 Å². The molecule has 2 aromatic rings. The third kappa shape index (κ3) is 5.40. The van der Waals surface area contributed by atoms with E-state index in [-0.39, 0.29) is 5.60 Å². The van der Waals surface area contributed by atoms with E-state index >= 15 is 0 Å². The highest BCUT2D eigenvalue weighted by atomic mass is 16.5. The fourth-order valence-electron chi connectivity index (χ4n) is 4.57. The smallest absolute Gasteiger partial charge is 0.248 e. The summed E-state index contributed by atoms with van der Waals surface area (Å²) in [4.78, 5) is 38.1. The molecule has 0 aliphatic carbocycles. The van der Waals surface area contributed by atoms with Crippen LogP contribution in [0.2, 0.25) is 0 Å². The van der Waals surface area contributed by atoms with Crippen molar-refractivity contribution in [2.24, 2.45) is 5.73 Å². The molecule has 1 amide bonds. The number of piperidine rings is 1. The highest BCUT2D eigenvalue weighted by Gasteiger charge is 2.39. The molecule has 0 bridgehead atoms. The highest BCUT2D eigenvalue weighted by molar-refractivity contribution is 5.93. The molecular weight excluding hydrogens is 422 g/mol. The second kappa shape index (κ2) is 10.1. The SMILES string of the molecule is NC(=O)c1ccc(N2CCC3(CC2)CN(CCOc2ccc(C=O)c(C=O)c2)CCO3)cc1. The van der Waals surface area contributed by atoms with Crippen molar-refractivity contribution in [2.75, 3.05) is 50.8 Å². The monoisotopic (exact) mass is 451 g/mol. The maximum absolute atomic E-state index is 11.3. The summed E-state index contributed by atoms with van der Waals surface area (Å²) in [6.45, 7) is 5.43. The Kier molecular flexibility index (Phi) is 7.05. The maximum Gasteiger partial charge on any atom is 0.248 e. The molecule has 0 radical (unpaired) electrons. The summed E-state index contributed by atoms with van der Waals surface area (Å²) in [5, 5.41) is 0. The quantitative estimate of drug-likeness (QED) is 0.614. The second-order valence-electron chi connectivity index (χ2n) is 8.58. The Morgan fingerprint density at radius 3 is 2.42 bits per heavy atom. The molecule has 2 fully saturated rings. The Bertz CT molecular complexity index is 1000. The van der Waals surface area contributed by atoms with E-state index in [1.54, 1.807) is 30.3 Å². The molecule has 1 spiro atoms. The number of ether oxygens (including phenoxy) is 2. The first kappa shape index (κ1) is 22.9. The Morgan fingerprint density at radius 1 is 1.03 bits per heavy atom. The lowest BCUT2D eigenvalue weighted by Crippen LogP contribution is -2.57. The van der Waals surface area contributed by atoms with Crippen molar-refractivity contribution in [3.8, 4) is 5.75 Å². The zero-order valence-corrected chi connectivity index (χ0v) is 18.6. The highest BCUT2D eigenvalue weighted by Crippen LogP contribution is 2.32. The number of benzene rings is 2. The number of morpholine rings is 1. The van der Waals surface area contributed by atoms with Gasteiger partial charge in [-0.2, -0.15) is 0 Å². The van der Waals surface area contributed by atoms with Gasteiger partial charge in [-0.15, -0.1) is 0 Å².